The van der Waals surface area contributed by atoms with Gasteiger partial charge in [0.15, 0.2) is 0 Å². The highest BCUT2D eigenvalue weighted by atomic mass is 15.1. The lowest BCUT2D eigenvalue weighted by Gasteiger charge is -2.36. The first-order valence-electron chi connectivity index (χ1n) is 4.71. The Labute approximate surface area is 77.1 Å². The highest BCUT2D eigenvalue weighted by Crippen LogP contribution is 2.22. The van der Waals surface area contributed by atoms with Crippen LogP contribution in [0.4, 0.5) is 0 Å². The first-order valence-corrected chi connectivity index (χ1v) is 4.71. The number of hydrogen-bond donors (Lipinski definition) is 1. The Bertz CT molecular complexity index is 124. The van der Waals surface area contributed by atoms with Crippen molar-refractivity contribution in [2.75, 3.05) is 13.6 Å². The molecule has 0 aromatic carbocycles. The molecule has 0 aliphatic carbocycles. The van der Waals surface area contributed by atoms with Crippen LogP contribution < -0.4 is 5.73 Å². The molecule has 0 radical (unpaired) electrons. The van der Waals surface area contributed by atoms with E-state index >= 15 is 0 Å². The predicted octanol–water partition coefficient (Wildman–Crippen LogP) is 1.70. The van der Waals surface area contributed by atoms with Gasteiger partial charge >= 0.3 is 0 Å². The second-order valence-corrected chi connectivity index (χ2v) is 4.96. The van der Waals surface area contributed by atoms with E-state index in [0.29, 0.717) is 11.5 Å². The van der Waals surface area contributed by atoms with Gasteiger partial charge in [-0.3, -0.25) is 0 Å². The second kappa shape index (κ2) is 4.24. The van der Waals surface area contributed by atoms with Gasteiger partial charge in [-0.15, -0.1) is 0 Å². The van der Waals surface area contributed by atoms with Crippen LogP contribution in [0.5, 0.6) is 0 Å². The summed E-state index contributed by atoms with van der Waals surface area (Å²) in [7, 11) is 2.14. The summed E-state index contributed by atoms with van der Waals surface area (Å²) >= 11 is 0. The molecule has 0 bridgehead atoms. The highest BCUT2D eigenvalue weighted by Gasteiger charge is 2.23. The van der Waals surface area contributed by atoms with Crippen LogP contribution in [0.1, 0.15) is 34.6 Å². The van der Waals surface area contributed by atoms with E-state index in [-0.39, 0.29) is 6.04 Å². The van der Waals surface area contributed by atoms with E-state index in [1.165, 1.54) is 0 Å². The van der Waals surface area contributed by atoms with E-state index in [4.69, 9.17) is 5.73 Å². The maximum Gasteiger partial charge on any atom is 0.0139 e. The molecule has 0 saturated carbocycles. The first-order chi connectivity index (χ1) is 5.25. The maximum absolute atomic E-state index is 5.73. The van der Waals surface area contributed by atoms with Gasteiger partial charge in [-0.05, 0) is 26.3 Å². The summed E-state index contributed by atoms with van der Waals surface area (Å²) in [5.41, 5.74) is 6.07. The van der Waals surface area contributed by atoms with Crippen molar-refractivity contribution in [3.63, 3.8) is 0 Å². The van der Waals surface area contributed by atoms with Crippen molar-refractivity contribution in [1.82, 2.24) is 4.90 Å². The van der Waals surface area contributed by atoms with Gasteiger partial charge in [-0.1, -0.05) is 20.8 Å². The molecule has 0 rings (SSSR count). The number of hydrogen-bond acceptors (Lipinski definition) is 2. The fourth-order valence-electron chi connectivity index (χ4n) is 1.27. The Balaban J connectivity index is 4.01. The van der Waals surface area contributed by atoms with Crippen LogP contribution in [-0.2, 0) is 0 Å². The largest absolute Gasteiger partial charge is 0.327 e. The van der Waals surface area contributed by atoms with Crippen molar-refractivity contribution >= 4 is 0 Å². The van der Waals surface area contributed by atoms with Gasteiger partial charge in [-0.25, -0.2) is 0 Å². The minimum Gasteiger partial charge on any atom is -0.327 e. The number of rotatable bonds is 3. The molecule has 0 saturated heterocycles. The molecule has 2 N–H and O–H groups in total. The van der Waals surface area contributed by atoms with Crippen LogP contribution in [0.3, 0.4) is 0 Å². The molecule has 0 aliphatic rings. The first kappa shape index (κ1) is 11.9. The number of likely N-dealkylation sites (N-methyl/N-ethyl adjacent to an activating group) is 1. The van der Waals surface area contributed by atoms with Gasteiger partial charge in [0.25, 0.3) is 0 Å². The summed E-state index contributed by atoms with van der Waals surface area (Å²) in [4.78, 5) is 2.32. The zero-order valence-electron chi connectivity index (χ0n) is 9.39. The molecule has 12 heavy (non-hydrogen) atoms. The zero-order chi connectivity index (χ0) is 9.94. The Kier molecular flexibility index (Phi) is 4.21. The third-order valence-electron chi connectivity index (χ3n) is 2.49. The lowest BCUT2D eigenvalue weighted by atomic mass is 9.87. The molecule has 2 nitrogen and oxygen atoms in total. The van der Waals surface area contributed by atoms with Gasteiger partial charge < -0.3 is 10.6 Å². The van der Waals surface area contributed by atoms with Gasteiger partial charge in [0, 0.05) is 18.6 Å². The standard InChI is InChI=1S/C10H24N2/c1-8(11)7-12(6)9(2)10(3,4)5/h8-9H,7,11H2,1-6H3. The third kappa shape index (κ3) is 4.07. The van der Waals surface area contributed by atoms with Crippen molar-refractivity contribution in [3.05, 3.63) is 0 Å². The van der Waals surface area contributed by atoms with Gasteiger partial charge in [0.05, 0.1) is 0 Å². The van der Waals surface area contributed by atoms with Gasteiger partial charge in [0.2, 0.25) is 0 Å². The molecule has 0 aliphatic heterocycles. The minimum atomic E-state index is 0.264. The van der Waals surface area contributed by atoms with Crippen molar-refractivity contribution in [1.29, 1.82) is 0 Å². The fraction of sp³-hybridized carbons (Fsp3) is 1.00. The lowest BCUT2D eigenvalue weighted by molar-refractivity contribution is 0.136. The maximum atomic E-state index is 5.73. The van der Waals surface area contributed by atoms with E-state index in [9.17, 15) is 0 Å². The molecule has 2 unspecified atom stereocenters. The Morgan fingerprint density at radius 3 is 1.92 bits per heavy atom. The Morgan fingerprint density at radius 1 is 1.25 bits per heavy atom. The molecule has 0 aromatic heterocycles. The van der Waals surface area contributed by atoms with E-state index in [1.807, 2.05) is 6.92 Å². The molecular weight excluding hydrogens is 148 g/mol. The quantitative estimate of drug-likeness (QED) is 0.702. The molecule has 2 atom stereocenters. The van der Waals surface area contributed by atoms with Crippen LogP contribution in [0, 0.1) is 5.41 Å². The summed E-state index contributed by atoms with van der Waals surface area (Å²) < 4.78 is 0. The van der Waals surface area contributed by atoms with Crippen LogP contribution in [-0.4, -0.2) is 30.6 Å². The van der Waals surface area contributed by atoms with E-state index in [0.717, 1.165) is 6.54 Å². The predicted molar refractivity (Wildman–Crippen MR) is 55.2 cm³/mol. The van der Waals surface area contributed by atoms with E-state index in [2.05, 4.69) is 39.6 Å². The molecule has 0 heterocycles. The highest BCUT2D eigenvalue weighted by molar-refractivity contribution is 4.78. The topological polar surface area (TPSA) is 29.3 Å². The molecule has 2 heteroatoms. The molecule has 74 valence electrons. The summed E-state index contributed by atoms with van der Waals surface area (Å²) in [5, 5.41) is 0. The van der Waals surface area contributed by atoms with Crippen LogP contribution in [0.25, 0.3) is 0 Å². The summed E-state index contributed by atoms with van der Waals surface area (Å²) in [6.45, 7) is 12.0. The second-order valence-electron chi connectivity index (χ2n) is 4.96. The van der Waals surface area contributed by atoms with Crippen molar-refractivity contribution in [2.45, 2.75) is 46.7 Å². The zero-order valence-corrected chi connectivity index (χ0v) is 9.39. The summed E-state index contributed by atoms with van der Waals surface area (Å²) in [5.74, 6) is 0. The van der Waals surface area contributed by atoms with Crippen LogP contribution >= 0.6 is 0 Å². The van der Waals surface area contributed by atoms with E-state index < -0.39 is 0 Å². The summed E-state index contributed by atoms with van der Waals surface area (Å²) in [6, 6.07) is 0.836. The smallest absolute Gasteiger partial charge is 0.0139 e. The number of nitrogens with zero attached hydrogens (tertiary/aromatic N) is 1. The third-order valence-corrected chi connectivity index (χ3v) is 2.49. The normalized spacial score (nSPS) is 18.0. The molecule has 0 fully saturated rings. The Hall–Kier alpha value is -0.0800. The summed E-state index contributed by atoms with van der Waals surface area (Å²) in [6.07, 6.45) is 0. The Morgan fingerprint density at radius 2 is 1.67 bits per heavy atom. The lowest BCUT2D eigenvalue weighted by Crippen LogP contribution is -2.44. The van der Waals surface area contributed by atoms with Crippen molar-refractivity contribution in [3.8, 4) is 0 Å². The van der Waals surface area contributed by atoms with Crippen molar-refractivity contribution in [2.24, 2.45) is 11.1 Å². The molecule has 0 spiro atoms. The molecule has 0 aromatic rings. The number of nitrogens with two attached hydrogens (primary N) is 1. The monoisotopic (exact) mass is 172 g/mol. The van der Waals surface area contributed by atoms with E-state index in [1.54, 1.807) is 0 Å². The van der Waals surface area contributed by atoms with Crippen LogP contribution in [0.15, 0.2) is 0 Å². The van der Waals surface area contributed by atoms with Gasteiger partial charge in [-0.2, -0.15) is 0 Å². The fourth-order valence-corrected chi connectivity index (χ4v) is 1.27. The molecular formula is C10H24N2. The minimum absolute atomic E-state index is 0.264. The SMILES string of the molecule is CC(N)CN(C)C(C)C(C)(C)C. The average Bonchev–Trinajstić information content (AvgIpc) is 1.82. The van der Waals surface area contributed by atoms with Gasteiger partial charge in [0.1, 0.15) is 0 Å². The molecule has 0 amide bonds. The average molecular weight is 172 g/mol. The van der Waals surface area contributed by atoms with Crippen LogP contribution in [0.2, 0.25) is 0 Å². The van der Waals surface area contributed by atoms with Crippen molar-refractivity contribution < 1.29 is 0 Å².